The molecule has 11 N–H and O–H groups in total. The number of aromatic hydroxyl groups is 1. The highest BCUT2D eigenvalue weighted by molar-refractivity contribution is 5.96. The zero-order valence-electron chi connectivity index (χ0n) is 34.7. The molecule has 0 fully saturated rings. The normalized spacial score (nSPS) is 13.8. The molecule has 6 atom stereocenters. The Kier molecular flexibility index (Phi) is 18.8. The zero-order chi connectivity index (χ0) is 45.2. The van der Waals surface area contributed by atoms with E-state index in [9.17, 15) is 48.6 Å². The number of carbonyl (C=O) groups is 8. The van der Waals surface area contributed by atoms with Crippen molar-refractivity contribution in [1.82, 2.24) is 42.2 Å². The van der Waals surface area contributed by atoms with E-state index in [1.165, 1.54) is 45.0 Å². The first kappa shape index (κ1) is 48.5. The third-order valence-corrected chi connectivity index (χ3v) is 9.16. The lowest BCUT2D eigenvalue weighted by Gasteiger charge is -2.23. The number of pyridine rings is 1. The van der Waals surface area contributed by atoms with E-state index in [2.05, 4.69) is 42.2 Å². The van der Waals surface area contributed by atoms with Crippen molar-refractivity contribution in [1.29, 1.82) is 0 Å². The number of aromatic nitrogens is 1. The molecular formula is C42H55N9O10. The van der Waals surface area contributed by atoms with E-state index in [1.54, 1.807) is 30.6 Å². The van der Waals surface area contributed by atoms with Crippen LogP contribution < -0.4 is 43.0 Å². The van der Waals surface area contributed by atoms with Gasteiger partial charge in [-0.25, -0.2) is 4.79 Å². The van der Waals surface area contributed by atoms with E-state index in [0.717, 1.165) is 11.1 Å². The predicted octanol–water partition coefficient (Wildman–Crippen LogP) is -0.586. The Hall–Kier alpha value is -6.89. The summed E-state index contributed by atoms with van der Waals surface area (Å²) in [6, 6.07) is 9.91. The van der Waals surface area contributed by atoms with Gasteiger partial charge in [0.25, 0.3) is 0 Å². The standard InChI is InChI=1S/C42H55N9O10/c1-23(2)17-34(42(60)61)51-41(59)33(19-27-8-12-29(13-9-27)30-7-6-16-44-20-30)49-36(54)22-45-35(53)21-46-40(58)32(18-28-10-14-31(52)15-11-28)50-39(57)26(5)48-38(56)25(4)47-37(55)24(3)43/h6-16,20,23-26,32-34,52H,17-19,21-22,43H2,1-5H3,(H,45,53)(H,46,58)(H,47,55)(H,48,56)(H,49,54)(H,50,57)(H,51,59)(H,60,61)/t24-,25-,26-,32-,33-,34-/m0/s1. The van der Waals surface area contributed by atoms with Crippen LogP contribution in [0.4, 0.5) is 0 Å². The molecule has 2 aromatic carbocycles. The summed E-state index contributed by atoms with van der Waals surface area (Å²) in [5, 5.41) is 36.7. The maximum absolute atomic E-state index is 13.4. The van der Waals surface area contributed by atoms with Crippen molar-refractivity contribution in [2.24, 2.45) is 11.7 Å². The van der Waals surface area contributed by atoms with E-state index >= 15 is 0 Å². The first-order valence-corrected chi connectivity index (χ1v) is 19.6. The van der Waals surface area contributed by atoms with Gasteiger partial charge < -0.3 is 53.2 Å². The van der Waals surface area contributed by atoms with E-state index < -0.39 is 96.7 Å². The van der Waals surface area contributed by atoms with Crippen LogP contribution in [0.2, 0.25) is 0 Å². The van der Waals surface area contributed by atoms with Crippen molar-refractivity contribution in [2.45, 2.75) is 90.1 Å². The number of carboxylic acid groups (broad SMARTS) is 1. The van der Waals surface area contributed by atoms with E-state index in [-0.39, 0.29) is 30.9 Å². The maximum atomic E-state index is 13.4. The van der Waals surface area contributed by atoms with Gasteiger partial charge in [0.15, 0.2) is 0 Å². The number of phenols is 1. The lowest BCUT2D eigenvalue weighted by molar-refractivity contribution is -0.142. The Morgan fingerprint density at radius 3 is 1.66 bits per heavy atom. The smallest absolute Gasteiger partial charge is 0.326 e. The summed E-state index contributed by atoms with van der Waals surface area (Å²) in [4.78, 5) is 106. The van der Waals surface area contributed by atoms with Gasteiger partial charge >= 0.3 is 5.97 Å². The van der Waals surface area contributed by atoms with Crippen LogP contribution in [-0.2, 0) is 51.2 Å². The van der Waals surface area contributed by atoms with Crippen molar-refractivity contribution in [3.8, 4) is 16.9 Å². The van der Waals surface area contributed by atoms with Gasteiger partial charge in [0.1, 0.15) is 36.0 Å². The quantitative estimate of drug-likeness (QED) is 0.0608. The molecular weight excluding hydrogens is 791 g/mol. The molecule has 0 aliphatic heterocycles. The average Bonchev–Trinajstić information content (AvgIpc) is 3.22. The summed E-state index contributed by atoms with van der Waals surface area (Å²) < 4.78 is 0. The zero-order valence-corrected chi connectivity index (χ0v) is 34.7. The Bertz CT molecular complexity index is 1990. The fourth-order valence-corrected chi connectivity index (χ4v) is 5.74. The molecule has 0 spiro atoms. The van der Waals surface area contributed by atoms with Crippen molar-refractivity contribution in [2.75, 3.05) is 13.1 Å². The van der Waals surface area contributed by atoms with Gasteiger partial charge in [0.2, 0.25) is 41.4 Å². The van der Waals surface area contributed by atoms with E-state index in [1.807, 2.05) is 32.0 Å². The van der Waals surface area contributed by atoms with Gasteiger partial charge in [-0.05, 0) is 73.6 Å². The number of carboxylic acids is 1. The molecule has 0 aliphatic rings. The third kappa shape index (κ3) is 16.7. The van der Waals surface area contributed by atoms with Gasteiger partial charge in [-0.15, -0.1) is 0 Å². The topological polar surface area (TPSA) is 300 Å². The molecule has 0 saturated heterocycles. The minimum Gasteiger partial charge on any atom is -0.508 e. The van der Waals surface area contributed by atoms with Crippen LogP contribution in [0.25, 0.3) is 11.1 Å². The fourth-order valence-electron chi connectivity index (χ4n) is 5.74. The number of nitrogens with one attached hydrogen (secondary N) is 7. The highest BCUT2D eigenvalue weighted by Crippen LogP contribution is 2.19. The highest BCUT2D eigenvalue weighted by Gasteiger charge is 2.29. The number of benzene rings is 2. The lowest BCUT2D eigenvalue weighted by Crippen LogP contribution is -2.57. The third-order valence-electron chi connectivity index (χ3n) is 9.16. The number of amides is 7. The minimum absolute atomic E-state index is 0.0114. The first-order valence-electron chi connectivity index (χ1n) is 19.6. The van der Waals surface area contributed by atoms with Crippen LogP contribution in [0.15, 0.2) is 73.1 Å². The number of aliphatic carboxylic acids is 1. The molecule has 0 bridgehead atoms. The minimum atomic E-state index is -1.27. The number of phenolic OH excluding ortho intramolecular Hbond substituents is 1. The van der Waals surface area contributed by atoms with Gasteiger partial charge in [-0.3, -0.25) is 38.5 Å². The van der Waals surface area contributed by atoms with Gasteiger partial charge in [0, 0.05) is 25.2 Å². The Morgan fingerprint density at radius 1 is 0.590 bits per heavy atom. The number of carbonyl (C=O) groups excluding carboxylic acids is 7. The van der Waals surface area contributed by atoms with Crippen molar-refractivity contribution in [3.63, 3.8) is 0 Å². The van der Waals surface area contributed by atoms with E-state index in [4.69, 9.17) is 5.73 Å². The fraction of sp³-hybridized carbons (Fsp3) is 0.405. The van der Waals surface area contributed by atoms with Crippen molar-refractivity contribution in [3.05, 3.63) is 84.2 Å². The molecule has 3 rings (SSSR count). The molecule has 19 heteroatoms. The Morgan fingerprint density at radius 2 is 1.11 bits per heavy atom. The number of nitrogens with zero attached hydrogens (tertiary/aromatic N) is 1. The Balaban J connectivity index is 1.64. The molecule has 61 heavy (non-hydrogen) atoms. The van der Waals surface area contributed by atoms with Crippen LogP contribution in [-0.4, -0.2) is 112 Å². The van der Waals surface area contributed by atoms with E-state index in [0.29, 0.717) is 11.1 Å². The largest absolute Gasteiger partial charge is 0.508 e. The first-order chi connectivity index (χ1) is 28.8. The summed E-state index contributed by atoms with van der Waals surface area (Å²) in [7, 11) is 0. The summed E-state index contributed by atoms with van der Waals surface area (Å²) in [5.74, 6) is -6.45. The number of hydrogen-bond acceptors (Lipinski definition) is 11. The summed E-state index contributed by atoms with van der Waals surface area (Å²) >= 11 is 0. The van der Waals surface area contributed by atoms with Crippen LogP contribution in [0.3, 0.4) is 0 Å². The molecule has 0 aliphatic carbocycles. The molecule has 7 amide bonds. The van der Waals surface area contributed by atoms with Crippen LogP contribution in [0.5, 0.6) is 5.75 Å². The SMILES string of the molecule is CC(C)C[C@H](NC(=O)[C@H](Cc1ccc(-c2cccnc2)cc1)NC(=O)CNC(=O)CNC(=O)[C@H](Cc1ccc(O)cc1)NC(=O)[C@H](C)NC(=O)[C@H](C)NC(=O)[C@H](C)N)C(=O)O. The predicted molar refractivity (Wildman–Crippen MR) is 223 cm³/mol. The summed E-state index contributed by atoms with van der Waals surface area (Å²) in [5.41, 5.74) is 8.45. The molecule has 0 radical (unpaired) electrons. The number of nitrogens with two attached hydrogens (primary N) is 1. The lowest BCUT2D eigenvalue weighted by atomic mass is 10.00. The molecule has 19 nitrogen and oxygen atoms in total. The van der Waals surface area contributed by atoms with Crippen LogP contribution in [0, 0.1) is 5.92 Å². The average molecular weight is 846 g/mol. The molecule has 1 aromatic heterocycles. The second kappa shape index (κ2) is 23.6. The number of hydrogen-bond donors (Lipinski definition) is 10. The van der Waals surface area contributed by atoms with Crippen molar-refractivity contribution >= 4 is 47.3 Å². The van der Waals surface area contributed by atoms with Gasteiger partial charge in [-0.1, -0.05) is 56.3 Å². The van der Waals surface area contributed by atoms with Crippen LogP contribution in [0.1, 0.15) is 52.2 Å². The van der Waals surface area contributed by atoms with Crippen molar-refractivity contribution < 1.29 is 48.6 Å². The second-order valence-electron chi connectivity index (χ2n) is 15.0. The molecule has 0 unspecified atom stereocenters. The molecule has 3 aromatic rings. The van der Waals surface area contributed by atoms with Gasteiger partial charge in [0.05, 0.1) is 19.1 Å². The van der Waals surface area contributed by atoms with Crippen LogP contribution >= 0.6 is 0 Å². The highest BCUT2D eigenvalue weighted by atomic mass is 16.4. The molecule has 0 saturated carbocycles. The second-order valence-corrected chi connectivity index (χ2v) is 15.0. The van der Waals surface area contributed by atoms with Gasteiger partial charge in [-0.2, -0.15) is 0 Å². The Labute approximate surface area is 353 Å². The summed E-state index contributed by atoms with van der Waals surface area (Å²) in [6.07, 6.45) is 3.40. The number of rotatable bonds is 22. The molecule has 328 valence electrons. The molecule has 1 heterocycles. The monoisotopic (exact) mass is 845 g/mol. The maximum Gasteiger partial charge on any atom is 0.326 e. The summed E-state index contributed by atoms with van der Waals surface area (Å²) in [6.45, 7) is 6.59.